The molecule has 29 heavy (non-hydrogen) atoms. The van der Waals surface area contributed by atoms with Crippen LogP contribution in [-0.2, 0) is 4.79 Å². The number of aromatic nitrogens is 4. The number of hydrogen-bond acceptors (Lipinski definition) is 4. The van der Waals surface area contributed by atoms with E-state index in [1.165, 1.54) is 0 Å². The maximum atomic E-state index is 13.3. The zero-order valence-corrected chi connectivity index (χ0v) is 16.3. The van der Waals surface area contributed by atoms with E-state index in [1.807, 2.05) is 92.7 Å². The molecule has 0 aliphatic heterocycles. The Bertz CT molecular complexity index is 1080. The summed E-state index contributed by atoms with van der Waals surface area (Å²) < 4.78 is 1.66. The van der Waals surface area contributed by atoms with Crippen LogP contribution in [0.3, 0.4) is 0 Å². The number of benzene rings is 3. The molecule has 0 fully saturated rings. The predicted molar refractivity (Wildman–Crippen MR) is 112 cm³/mol. The molecule has 0 saturated carbocycles. The lowest BCUT2D eigenvalue weighted by Crippen LogP contribution is -2.22. The first kappa shape index (κ1) is 18.6. The fraction of sp³-hybridized carbons (Fsp3) is 0.130. The van der Waals surface area contributed by atoms with Crippen molar-refractivity contribution in [3.05, 3.63) is 101 Å². The van der Waals surface area contributed by atoms with E-state index in [1.54, 1.807) is 4.68 Å². The van der Waals surface area contributed by atoms with E-state index in [9.17, 15) is 4.79 Å². The van der Waals surface area contributed by atoms with Crippen LogP contribution in [-0.4, -0.2) is 26.1 Å². The van der Waals surface area contributed by atoms with Gasteiger partial charge in [-0.25, -0.2) is 0 Å². The smallest absolute Gasteiger partial charge is 0.236 e. The number of anilines is 1. The number of carbonyl (C=O) groups excluding carboxylic acids is 1. The van der Waals surface area contributed by atoms with Crippen molar-refractivity contribution in [2.75, 3.05) is 5.32 Å². The molecule has 6 heteroatoms. The van der Waals surface area contributed by atoms with Crippen LogP contribution in [0.25, 0.3) is 5.69 Å². The summed E-state index contributed by atoms with van der Waals surface area (Å²) in [6, 6.07) is 25.3. The summed E-state index contributed by atoms with van der Waals surface area (Å²) in [5.41, 5.74) is 4.43. The number of nitrogens with one attached hydrogen (secondary N) is 1. The minimum Gasteiger partial charge on any atom is -0.325 e. The van der Waals surface area contributed by atoms with Crippen molar-refractivity contribution in [3.8, 4) is 5.69 Å². The molecule has 4 rings (SSSR count). The number of carbonyl (C=O) groups is 1. The molecule has 0 spiro atoms. The molecule has 1 heterocycles. The zero-order chi connectivity index (χ0) is 20.2. The summed E-state index contributed by atoms with van der Waals surface area (Å²) in [5.74, 6) is 0.186. The number of tetrazole rings is 1. The lowest BCUT2D eigenvalue weighted by molar-refractivity contribution is -0.116. The third kappa shape index (κ3) is 3.91. The van der Waals surface area contributed by atoms with Crippen molar-refractivity contribution in [2.45, 2.75) is 19.8 Å². The summed E-state index contributed by atoms with van der Waals surface area (Å²) in [5, 5.41) is 14.8. The van der Waals surface area contributed by atoms with E-state index in [4.69, 9.17) is 0 Å². The minimum absolute atomic E-state index is 0.0920. The fourth-order valence-electron chi connectivity index (χ4n) is 3.37. The van der Waals surface area contributed by atoms with Gasteiger partial charge in [-0.05, 0) is 53.1 Å². The molecule has 1 amide bonds. The van der Waals surface area contributed by atoms with Gasteiger partial charge < -0.3 is 5.32 Å². The molecule has 3 aromatic carbocycles. The number of nitrogens with zero attached hydrogens (tertiary/aromatic N) is 4. The number of rotatable bonds is 5. The summed E-state index contributed by atoms with van der Waals surface area (Å²) in [7, 11) is 0. The monoisotopic (exact) mass is 383 g/mol. The quantitative estimate of drug-likeness (QED) is 0.564. The van der Waals surface area contributed by atoms with Gasteiger partial charge in [-0.3, -0.25) is 4.79 Å². The lowest BCUT2D eigenvalue weighted by atomic mass is 9.90. The Labute approximate surface area is 169 Å². The zero-order valence-electron chi connectivity index (χ0n) is 16.3. The molecule has 0 unspecified atom stereocenters. The molecule has 0 radical (unpaired) electrons. The first-order valence-corrected chi connectivity index (χ1v) is 9.40. The van der Waals surface area contributed by atoms with Crippen molar-refractivity contribution in [1.29, 1.82) is 0 Å². The fourth-order valence-corrected chi connectivity index (χ4v) is 3.37. The molecule has 1 aromatic heterocycles. The Morgan fingerprint density at radius 2 is 1.52 bits per heavy atom. The third-order valence-electron chi connectivity index (χ3n) is 4.86. The van der Waals surface area contributed by atoms with Gasteiger partial charge in [0.2, 0.25) is 5.91 Å². The Balaban J connectivity index is 1.68. The van der Waals surface area contributed by atoms with Gasteiger partial charge in [0.25, 0.3) is 0 Å². The molecule has 0 aliphatic carbocycles. The highest BCUT2D eigenvalue weighted by Gasteiger charge is 2.23. The van der Waals surface area contributed by atoms with Gasteiger partial charge in [-0.2, -0.15) is 4.68 Å². The van der Waals surface area contributed by atoms with Crippen molar-refractivity contribution in [1.82, 2.24) is 20.2 Å². The van der Waals surface area contributed by atoms with Crippen LogP contribution < -0.4 is 5.32 Å². The van der Waals surface area contributed by atoms with Gasteiger partial charge in [0.15, 0.2) is 5.82 Å². The van der Waals surface area contributed by atoms with Crippen molar-refractivity contribution >= 4 is 11.6 Å². The molecule has 4 aromatic rings. The van der Waals surface area contributed by atoms with Crippen LogP contribution >= 0.6 is 0 Å². The number of hydrogen-bond donors (Lipinski definition) is 1. The predicted octanol–water partition coefficient (Wildman–Crippen LogP) is 4.05. The maximum Gasteiger partial charge on any atom is 0.236 e. The van der Waals surface area contributed by atoms with Gasteiger partial charge in [0.05, 0.1) is 11.6 Å². The summed E-state index contributed by atoms with van der Waals surface area (Å²) in [6.45, 7) is 3.82. The Kier molecular flexibility index (Phi) is 5.16. The van der Waals surface area contributed by atoms with Gasteiger partial charge in [0, 0.05) is 5.69 Å². The molecular formula is C23H21N5O. The second-order valence-electron chi connectivity index (χ2n) is 6.88. The molecule has 0 aliphatic rings. The average Bonchev–Trinajstić information content (AvgIpc) is 3.17. The van der Waals surface area contributed by atoms with Gasteiger partial charge in [-0.15, -0.1) is 5.10 Å². The molecular weight excluding hydrogens is 362 g/mol. The molecule has 144 valence electrons. The van der Waals surface area contributed by atoms with Crippen LogP contribution in [0.1, 0.15) is 28.4 Å². The molecule has 0 bridgehead atoms. The Morgan fingerprint density at radius 3 is 2.07 bits per heavy atom. The second kappa shape index (κ2) is 8.06. The van der Waals surface area contributed by atoms with E-state index in [0.29, 0.717) is 11.5 Å². The van der Waals surface area contributed by atoms with Crippen molar-refractivity contribution in [3.63, 3.8) is 0 Å². The Hall–Kier alpha value is -3.80. The third-order valence-corrected chi connectivity index (χ3v) is 4.86. The van der Waals surface area contributed by atoms with Gasteiger partial charge >= 0.3 is 0 Å². The van der Waals surface area contributed by atoms with Crippen LogP contribution in [0.5, 0.6) is 0 Å². The topological polar surface area (TPSA) is 72.7 Å². The summed E-state index contributed by atoms with van der Waals surface area (Å²) in [6.07, 6.45) is 0. The Morgan fingerprint density at radius 1 is 0.897 bits per heavy atom. The minimum atomic E-state index is -0.406. The SMILES string of the molecule is Cc1ccc(NC(=O)C(c2ccccc2)c2ccccc2)cc1-n1nnnc1C. The second-order valence-corrected chi connectivity index (χ2v) is 6.88. The standard InChI is InChI=1S/C23H21N5O/c1-16-13-14-20(15-21(16)28-17(2)25-26-27-28)24-23(29)22(18-9-5-3-6-10-18)19-11-7-4-8-12-19/h3-15,22H,1-2H3,(H,24,29). The maximum absolute atomic E-state index is 13.3. The van der Waals surface area contributed by atoms with E-state index < -0.39 is 5.92 Å². The van der Waals surface area contributed by atoms with Crippen LogP contribution in [0.2, 0.25) is 0 Å². The normalized spacial score (nSPS) is 10.9. The van der Waals surface area contributed by atoms with Crippen molar-refractivity contribution < 1.29 is 4.79 Å². The first-order chi connectivity index (χ1) is 14.1. The molecule has 0 saturated heterocycles. The molecule has 1 N–H and O–H groups in total. The molecule has 6 nitrogen and oxygen atoms in total. The highest BCUT2D eigenvalue weighted by Crippen LogP contribution is 2.27. The number of amides is 1. The summed E-state index contributed by atoms with van der Waals surface area (Å²) >= 11 is 0. The molecule has 0 atom stereocenters. The van der Waals surface area contributed by atoms with Crippen LogP contribution in [0.15, 0.2) is 78.9 Å². The average molecular weight is 383 g/mol. The number of aryl methyl sites for hydroxylation is 2. The first-order valence-electron chi connectivity index (χ1n) is 9.40. The van der Waals surface area contributed by atoms with Crippen molar-refractivity contribution in [2.24, 2.45) is 0 Å². The van der Waals surface area contributed by atoms with Gasteiger partial charge in [-0.1, -0.05) is 66.7 Å². The van der Waals surface area contributed by atoms with E-state index in [0.717, 1.165) is 22.4 Å². The summed E-state index contributed by atoms with van der Waals surface area (Å²) in [4.78, 5) is 13.3. The largest absolute Gasteiger partial charge is 0.325 e. The van der Waals surface area contributed by atoms with Gasteiger partial charge in [0.1, 0.15) is 0 Å². The van der Waals surface area contributed by atoms with E-state index in [2.05, 4.69) is 20.8 Å². The van der Waals surface area contributed by atoms with Crippen LogP contribution in [0, 0.1) is 13.8 Å². The lowest BCUT2D eigenvalue weighted by Gasteiger charge is -2.18. The highest BCUT2D eigenvalue weighted by atomic mass is 16.1. The van der Waals surface area contributed by atoms with E-state index >= 15 is 0 Å². The highest BCUT2D eigenvalue weighted by molar-refractivity contribution is 5.98. The van der Waals surface area contributed by atoms with E-state index in [-0.39, 0.29) is 5.91 Å². The van der Waals surface area contributed by atoms with Crippen LogP contribution in [0.4, 0.5) is 5.69 Å².